The van der Waals surface area contributed by atoms with Crippen molar-refractivity contribution < 1.29 is 33.2 Å². The number of nitrogens with one attached hydrogen (secondary N) is 1. The molecule has 0 aliphatic carbocycles. The Labute approximate surface area is 119 Å². The van der Waals surface area contributed by atoms with E-state index in [1.54, 1.807) is 7.11 Å². The van der Waals surface area contributed by atoms with Crippen LogP contribution >= 0.6 is 0 Å². The maximum absolute atomic E-state index is 5.18. The standard InChI is InChI=1S/C13H19N2O.HI/c1-15(2,3)9-10-5-6-12-11(7-10)8-13(14-12)16-4;/h5-8,14H,9H2,1-4H3;1H/q+1;/p-1. The van der Waals surface area contributed by atoms with Gasteiger partial charge in [-0.2, -0.15) is 0 Å². The summed E-state index contributed by atoms with van der Waals surface area (Å²) in [6, 6.07) is 8.54. The minimum Gasteiger partial charge on any atom is -1.00 e. The zero-order valence-corrected chi connectivity index (χ0v) is 12.9. The van der Waals surface area contributed by atoms with Crippen molar-refractivity contribution in [3.05, 3.63) is 29.8 Å². The molecule has 2 rings (SSSR count). The van der Waals surface area contributed by atoms with Crippen molar-refractivity contribution in [3.8, 4) is 5.88 Å². The molecule has 2 aromatic rings. The van der Waals surface area contributed by atoms with Crippen LogP contribution in [0.3, 0.4) is 0 Å². The average Bonchev–Trinajstić information content (AvgIpc) is 2.57. The van der Waals surface area contributed by atoms with Crippen LogP contribution in [0.4, 0.5) is 0 Å². The molecule has 17 heavy (non-hydrogen) atoms. The number of ether oxygens (including phenoxy) is 1. The molecular weight excluding hydrogens is 327 g/mol. The molecular formula is C13H19IN2O. The van der Waals surface area contributed by atoms with Gasteiger partial charge in [-0.15, -0.1) is 0 Å². The van der Waals surface area contributed by atoms with Crippen molar-refractivity contribution in [2.45, 2.75) is 6.54 Å². The van der Waals surface area contributed by atoms with Gasteiger partial charge in [0.1, 0.15) is 6.54 Å². The molecule has 1 aromatic heterocycles. The van der Waals surface area contributed by atoms with E-state index < -0.39 is 0 Å². The fraction of sp³-hybridized carbons (Fsp3) is 0.385. The van der Waals surface area contributed by atoms with Crippen molar-refractivity contribution in [2.75, 3.05) is 28.3 Å². The average molecular weight is 346 g/mol. The molecule has 1 aromatic carbocycles. The first-order valence-corrected chi connectivity index (χ1v) is 5.44. The molecule has 94 valence electrons. The van der Waals surface area contributed by atoms with Gasteiger partial charge in [-0.1, -0.05) is 6.07 Å². The van der Waals surface area contributed by atoms with Gasteiger partial charge in [-0.25, -0.2) is 0 Å². The molecule has 0 spiro atoms. The number of hydrogen-bond donors (Lipinski definition) is 1. The first-order valence-electron chi connectivity index (χ1n) is 5.44. The van der Waals surface area contributed by atoms with E-state index in [2.05, 4.69) is 44.3 Å². The van der Waals surface area contributed by atoms with E-state index in [1.165, 1.54) is 10.9 Å². The van der Waals surface area contributed by atoms with Crippen molar-refractivity contribution >= 4 is 10.9 Å². The lowest BCUT2D eigenvalue weighted by Crippen LogP contribution is -3.00. The monoisotopic (exact) mass is 346 g/mol. The maximum Gasteiger partial charge on any atom is 0.191 e. The summed E-state index contributed by atoms with van der Waals surface area (Å²) in [5.41, 5.74) is 2.48. The van der Waals surface area contributed by atoms with Crippen LogP contribution in [0, 0.1) is 0 Å². The van der Waals surface area contributed by atoms with Crippen LogP contribution in [0.5, 0.6) is 5.88 Å². The topological polar surface area (TPSA) is 25.0 Å². The number of H-pyrrole nitrogens is 1. The fourth-order valence-corrected chi connectivity index (χ4v) is 1.91. The summed E-state index contributed by atoms with van der Waals surface area (Å²) in [6.45, 7) is 1.03. The van der Waals surface area contributed by atoms with E-state index >= 15 is 0 Å². The largest absolute Gasteiger partial charge is 1.00 e. The summed E-state index contributed by atoms with van der Waals surface area (Å²) in [5.74, 6) is 0.817. The molecule has 0 radical (unpaired) electrons. The normalized spacial score (nSPS) is 11.3. The molecule has 1 N–H and O–H groups in total. The Hall–Kier alpha value is -0.750. The Morgan fingerprint density at radius 3 is 2.47 bits per heavy atom. The lowest BCUT2D eigenvalue weighted by Gasteiger charge is -2.23. The number of benzene rings is 1. The van der Waals surface area contributed by atoms with Crippen molar-refractivity contribution in [2.24, 2.45) is 0 Å². The zero-order chi connectivity index (χ0) is 11.8. The predicted molar refractivity (Wildman–Crippen MR) is 66.6 cm³/mol. The Bertz CT molecular complexity index is 500. The highest BCUT2D eigenvalue weighted by atomic mass is 127. The summed E-state index contributed by atoms with van der Waals surface area (Å²) < 4.78 is 6.12. The first kappa shape index (κ1) is 14.3. The minimum atomic E-state index is 0. The van der Waals surface area contributed by atoms with E-state index in [-0.39, 0.29) is 24.0 Å². The Morgan fingerprint density at radius 1 is 1.18 bits per heavy atom. The van der Waals surface area contributed by atoms with Gasteiger partial charge in [-0.05, 0) is 12.1 Å². The van der Waals surface area contributed by atoms with E-state index in [1.807, 2.05) is 6.07 Å². The van der Waals surface area contributed by atoms with Gasteiger partial charge in [-0.3, -0.25) is 0 Å². The Kier molecular flexibility index (Phi) is 4.43. The number of nitrogens with zero attached hydrogens (tertiary/aromatic N) is 1. The fourth-order valence-electron chi connectivity index (χ4n) is 1.91. The van der Waals surface area contributed by atoms with Gasteiger partial charge >= 0.3 is 0 Å². The second-order valence-electron chi connectivity index (χ2n) is 5.21. The quantitative estimate of drug-likeness (QED) is 0.582. The first-order chi connectivity index (χ1) is 7.48. The third kappa shape index (κ3) is 3.61. The molecule has 0 atom stereocenters. The molecule has 4 heteroatoms. The van der Waals surface area contributed by atoms with E-state index in [0.29, 0.717) is 0 Å². The SMILES string of the molecule is COc1cc2cc(C[N+](C)(C)C)ccc2[nH]1.[I-]. The van der Waals surface area contributed by atoms with Crippen LogP contribution in [0.1, 0.15) is 5.56 Å². The number of hydrogen-bond acceptors (Lipinski definition) is 1. The Morgan fingerprint density at radius 2 is 1.88 bits per heavy atom. The smallest absolute Gasteiger partial charge is 0.191 e. The molecule has 0 amide bonds. The number of aromatic nitrogens is 1. The number of methoxy groups -OCH3 is 1. The van der Waals surface area contributed by atoms with Gasteiger partial charge in [0.25, 0.3) is 0 Å². The molecule has 0 saturated heterocycles. The summed E-state index contributed by atoms with van der Waals surface area (Å²) >= 11 is 0. The number of halogens is 1. The van der Waals surface area contributed by atoms with Crippen LogP contribution in [-0.4, -0.2) is 37.7 Å². The van der Waals surface area contributed by atoms with E-state index in [9.17, 15) is 0 Å². The lowest BCUT2D eigenvalue weighted by atomic mass is 10.1. The van der Waals surface area contributed by atoms with Crippen LogP contribution in [0.15, 0.2) is 24.3 Å². The molecule has 1 heterocycles. The second kappa shape index (κ2) is 5.27. The van der Waals surface area contributed by atoms with Gasteiger partial charge < -0.3 is 38.2 Å². The molecule has 0 aliphatic heterocycles. The van der Waals surface area contributed by atoms with Crippen molar-refractivity contribution in [1.82, 2.24) is 4.98 Å². The van der Waals surface area contributed by atoms with Crippen molar-refractivity contribution in [1.29, 1.82) is 0 Å². The predicted octanol–water partition coefficient (Wildman–Crippen LogP) is -0.613. The third-order valence-electron chi connectivity index (χ3n) is 2.54. The Balaban J connectivity index is 0.00000144. The molecule has 0 unspecified atom stereocenters. The lowest BCUT2D eigenvalue weighted by molar-refractivity contribution is -0.883. The summed E-state index contributed by atoms with van der Waals surface area (Å²) in [6.07, 6.45) is 0. The highest BCUT2D eigenvalue weighted by Gasteiger charge is 2.09. The molecule has 0 fully saturated rings. The van der Waals surface area contributed by atoms with E-state index in [0.717, 1.165) is 22.4 Å². The second-order valence-corrected chi connectivity index (χ2v) is 5.21. The number of rotatable bonds is 3. The maximum atomic E-state index is 5.18. The number of aromatic amines is 1. The van der Waals surface area contributed by atoms with Gasteiger partial charge in [0.2, 0.25) is 0 Å². The number of fused-ring (bicyclic) bond motifs is 1. The molecule has 0 saturated carbocycles. The van der Waals surface area contributed by atoms with E-state index in [4.69, 9.17) is 4.74 Å². The van der Waals surface area contributed by atoms with Crippen LogP contribution in [0.25, 0.3) is 10.9 Å². The highest BCUT2D eigenvalue weighted by molar-refractivity contribution is 5.82. The number of quaternary nitrogens is 1. The summed E-state index contributed by atoms with van der Waals surface area (Å²) in [5, 5.41) is 1.21. The van der Waals surface area contributed by atoms with Crippen LogP contribution < -0.4 is 28.7 Å². The van der Waals surface area contributed by atoms with Crippen molar-refractivity contribution in [3.63, 3.8) is 0 Å². The summed E-state index contributed by atoms with van der Waals surface area (Å²) in [4.78, 5) is 3.21. The van der Waals surface area contributed by atoms with Crippen LogP contribution in [0.2, 0.25) is 0 Å². The van der Waals surface area contributed by atoms with Gasteiger partial charge in [0.05, 0.1) is 28.3 Å². The van der Waals surface area contributed by atoms with Gasteiger partial charge in [0.15, 0.2) is 5.88 Å². The minimum absolute atomic E-state index is 0. The highest BCUT2D eigenvalue weighted by Crippen LogP contribution is 2.22. The molecule has 0 bridgehead atoms. The third-order valence-corrected chi connectivity index (χ3v) is 2.54. The molecule has 0 aliphatic rings. The molecule has 3 nitrogen and oxygen atoms in total. The van der Waals surface area contributed by atoms with Gasteiger partial charge in [0, 0.05) is 22.5 Å². The summed E-state index contributed by atoms with van der Waals surface area (Å²) in [7, 11) is 8.27. The zero-order valence-electron chi connectivity index (χ0n) is 10.7. The van der Waals surface area contributed by atoms with Crippen LogP contribution in [-0.2, 0) is 6.54 Å².